The summed E-state index contributed by atoms with van der Waals surface area (Å²) in [5.41, 5.74) is 0.132. The zero-order valence-corrected chi connectivity index (χ0v) is 11.6. The summed E-state index contributed by atoms with van der Waals surface area (Å²) >= 11 is 0. The van der Waals surface area contributed by atoms with Crippen molar-refractivity contribution in [3.63, 3.8) is 0 Å². The minimum atomic E-state index is -3.91. The first-order chi connectivity index (χ1) is 9.74. The lowest BCUT2D eigenvalue weighted by molar-refractivity contribution is -0.139. The molecular weight excluding hydrogens is 302 g/mol. The number of benzene rings is 1. The molecule has 0 aliphatic carbocycles. The zero-order valence-electron chi connectivity index (χ0n) is 10.8. The van der Waals surface area contributed by atoms with E-state index in [4.69, 9.17) is 15.4 Å². The first-order valence-electron chi connectivity index (χ1n) is 5.78. The smallest absolute Gasteiger partial charge is 0.326 e. The van der Waals surface area contributed by atoms with Crippen LogP contribution in [-0.2, 0) is 14.8 Å². The third-order valence-corrected chi connectivity index (χ3v) is 3.35. The van der Waals surface area contributed by atoms with E-state index >= 15 is 0 Å². The third kappa shape index (κ3) is 5.38. The van der Waals surface area contributed by atoms with Gasteiger partial charge >= 0.3 is 12.0 Å². The number of carbonyl (C=O) groups is 2. The van der Waals surface area contributed by atoms with Crippen LogP contribution in [0.4, 0.5) is 10.5 Å². The number of primary sulfonamides is 1. The van der Waals surface area contributed by atoms with Gasteiger partial charge in [0.1, 0.15) is 6.04 Å². The Balaban J connectivity index is 2.77. The molecule has 0 fully saturated rings. The predicted molar refractivity (Wildman–Crippen MR) is 73.1 cm³/mol. The summed E-state index contributed by atoms with van der Waals surface area (Å²) in [6.07, 6.45) is -0.153. The second-order valence-corrected chi connectivity index (χ2v) is 5.64. The molecule has 0 unspecified atom stereocenters. The number of nitrogens with two attached hydrogens (primary N) is 1. The minimum Gasteiger partial charge on any atom is -0.480 e. The van der Waals surface area contributed by atoms with E-state index in [1.54, 1.807) is 0 Å². The Hall–Kier alpha value is -2.17. The average Bonchev–Trinajstić information content (AvgIpc) is 2.37. The number of carbonyl (C=O) groups excluding carboxylic acids is 1. The van der Waals surface area contributed by atoms with Crippen LogP contribution in [0.3, 0.4) is 0 Å². The maximum atomic E-state index is 11.6. The molecular formula is C11H15N3O6S. The van der Waals surface area contributed by atoms with Crippen molar-refractivity contribution in [2.45, 2.75) is 17.4 Å². The van der Waals surface area contributed by atoms with Crippen LogP contribution in [0.15, 0.2) is 29.2 Å². The quantitative estimate of drug-likeness (QED) is 0.466. The number of hydrogen-bond acceptors (Lipinski definition) is 5. The van der Waals surface area contributed by atoms with Crippen molar-refractivity contribution >= 4 is 27.7 Å². The summed E-state index contributed by atoms with van der Waals surface area (Å²) in [5.74, 6) is -1.29. The number of carboxylic acid groups (broad SMARTS) is 1. The normalized spacial score (nSPS) is 12.5. The average molecular weight is 317 g/mol. The highest BCUT2D eigenvalue weighted by molar-refractivity contribution is 7.89. The van der Waals surface area contributed by atoms with Gasteiger partial charge in [-0.05, 0) is 18.2 Å². The number of sulfonamides is 1. The van der Waals surface area contributed by atoms with Crippen molar-refractivity contribution in [2.75, 3.05) is 11.9 Å². The van der Waals surface area contributed by atoms with Crippen LogP contribution in [0.5, 0.6) is 0 Å². The summed E-state index contributed by atoms with van der Waals surface area (Å²) in [5, 5.41) is 26.9. The minimum absolute atomic E-state index is 0.132. The van der Waals surface area contributed by atoms with Gasteiger partial charge in [-0.3, -0.25) is 0 Å². The molecule has 10 heteroatoms. The van der Waals surface area contributed by atoms with E-state index in [9.17, 15) is 18.0 Å². The fraction of sp³-hybridized carbons (Fsp3) is 0.273. The lowest BCUT2D eigenvalue weighted by Gasteiger charge is -2.14. The molecule has 0 aromatic heterocycles. The van der Waals surface area contributed by atoms with Crippen molar-refractivity contribution in [3.8, 4) is 0 Å². The van der Waals surface area contributed by atoms with Crippen molar-refractivity contribution in [1.29, 1.82) is 0 Å². The highest BCUT2D eigenvalue weighted by atomic mass is 32.2. The Morgan fingerprint density at radius 2 is 2.00 bits per heavy atom. The summed E-state index contributed by atoms with van der Waals surface area (Å²) in [7, 11) is -3.91. The van der Waals surface area contributed by atoms with Crippen molar-refractivity contribution in [2.24, 2.45) is 5.14 Å². The Morgan fingerprint density at radius 3 is 2.52 bits per heavy atom. The molecule has 0 radical (unpaired) electrons. The molecule has 1 rings (SSSR count). The van der Waals surface area contributed by atoms with Gasteiger partial charge in [-0.2, -0.15) is 0 Å². The predicted octanol–water partition coefficient (Wildman–Crippen LogP) is -0.709. The fourth-order valence-corrected chi connectivity index (χ4v) is 2.02. The van der Waals surface area contributed by atoms with E-state index in [0.717, 1.165) is 6.07 Å². The van der Waals surface area contributed by atoms with E-state index in [1.807, 2.05) is 0 Å². The molecule has 0 saturated heterocycles. The first-order valence-corrected chi connectivity index (χ1v) is 7.32. The summed E-state index contributed by atoms with van der Waals surface area (Å²) < 4.78 is 22.3. The van der Waals surface area contributed by atoms with Crippen molar-refractivity contribution in [1.82, 2.24) is 5.32 Å². The number of rotatable bonds is 6. The number of aliphatic hydroxyl groups is 1. The van der Waals surface area contributed by atoms with Gasteiger partial charge in [-0.1, -0.05) is 6.07 Å². The number of urea groups is 1. The highest BCUT2D eigenvalue weighted by Crippen LogP contribution is 2.13. The molecule has 1 aromatic carbocycles. The van der Waals surface area contributed by atoms with Crippen LogP contribution in [0, 0.1) is 0 Å². The number of aliphatic hydroxyl groups excluding tert-OH is 1. The van der Waals surface area contributed by atoms with Gasteiger partial charge in [0.05, 0.1) is 4.90 Å². The molecule has 9 nitrogen and oxygen atoms in total. The molecule has 1 aromatic rings. The molecule has 6 N–H and O–H groups in total. The van der Waals surface area contributed by atoms with Crippen LogP contribution in [-0.4, -0.2) is 43.3 Å². The molecule has 0 spiro atoms. The molecule has 21 heavy (non-hydrogen) atoms. The van der Waals surface area contributed by atoms with E-state index in [-0.39, 0.29) is 17.0 Å². The Labute approximate surface area is 120 Å². The van der Waals surface area contributed by atoms with Crippen LogP contribution < -0.4 is 15.8 Å². The lowest BCUT2D eigenvalue weighted by Crippen LogP contribution is -2.43. The highest BCUT2D eigenvalue weighted by Gasteiger charge is 2.19. The second-order valence-electron chi connectivity index (χ2n) is 4.07. The Kier molecular flexibility index (Phi) is 5.64. The van der Waals surface area contributed by atoms with E-state index < -0.39 is 34.7 Å². The maximum Gasteiger partial charge on any atom is 0.326 e. The van der Waals surface area contributed by atoms with Crippen LogP contribution >= 0.6 is 0 Å². The number of hydrogen-bond donors (Lipinski definition) is 5. The monoisotopic (exact) mass is 317 g/mol. The van der Waals surface area contributed by atoms with Gasteiger partial charge in [0.15, 0.2) is 0 Å². The Bertz CT molecular complexity index is 631. The van der Waals surface area contributed by atoms with Gasteiger partial charge in [-0.15, -0.1) is 0 Å². The van der Waals surface area contributed by atoms with Crippen molar-refractivity contribution < 1.29 is 28.2 Å². The van der Waals surface area contributed by atoms with Crippen molar-refractivity contribution in [3.05, 3.63) is 24.3 Å². The summed E-state index contributed by atoms with van der Waals surface area (Å²) in [6, 6.07) is 3.08. The first kappa shape index (κ1) is 16.9. The van der Waals surface area contributed by atoms with E-state index in [2.05, 4.69) is 10.6 Å². The largest absolute Gasteiger partial charge is 0.480 e. The Morgan fingerprint density at radius 1 is 1.33 bits per heavy atom. The van der Waals surface area contributed by atoms with Gasteiger partial charge in [0.25, 0.3) is 0 Å². The molecule has 1 atom stereocenters. The number of nitrogens with one attached hydrogen (secondary N) is 2. The molecule has 2 amide bonds. The number of amides is 2. The maximum absolute atomic E-state index is 11.6. The number of anilines is 1. The van der Waals surface area contributed by atoms with Crippen LogP contribution in [0.2, 0.25) is 0 Å². The molecule has 0 saturated carbocycles. The summed E-state index contributed by atoms with van der Waals surface area (Å²) in [4.78, 5) is 22.2. The van der Waals surface area contributed by atoms with Gasteiger partial charge in [0.2, 0.25) is 10.0 Å². The SMILES string of the molecule is NS(=O)(=O)c1cccc(NC(=O)N[C@H](CCO)C(=O)O)c1. The topological polar surface area (TPSA) is 159 Å². The van der Waals surface area contributed by atoms with Gasteiger partial charge in [0, 0.05) is 18.7 Å². The van der Waals surface area contributed by atoms with E-state index in [0.29, 0.717) is 0 Å². The fourth-order valence-electron chi connectivity index (χ4n) is 1.46. The van der Waals surface area contributed by atoms with Gasteiger partial charge < -0.3 is 20.8 Å². The molecule has 116 valence electrons. The van der Waals surface area contributed by atoms with Gasteiger partial charge in [-0.25, -0.2) is 23.1 Å². The zero-order chi connectivity index (χ0) is 16.0. The van der Waals surface area contributed by atoms with E-state index in [1.165, 1.54) is 18.2 Å². The molecule has 0 aliphatic rings. The number of carboxylic acids is 1. The molecule has 0 heterocycles. The lowest BCUT2D eigenvalue weighted by atomic mass is 10.2. The van der Waals surface area contributed by atoms with Crippen LogP contribution in [0.25, 0.3) is 0 Å². The third-order valence-electron chi connectivity index (χ3n) is 2.44. The second kappa shape index (κ2) is 7.02. The van der Waals surface area contributed by atoms with Crippen LogP contribution in [0.1, 0.15) is 6.42 Å². The summed E-state index contributed by atoms with van der Waals surface area (Å²) in [6.45, 7) is -0.405. The number of aliphatic carboxylic acids is 1. The molecule has 0 aliphatic heterocycles. The standard InChI is InChI=1S/C11H15N3O6S/c12-21(19,20)8-3-1-2-7(6-8)13-11(18)14-9(4-5-15)10(16)17/h1-3,6,9,15H,4-5H2,(H,16,17)(H2,12,19,20)(H2,13,14,18)/t9-/m1/s1. The molecule has 0 bridgehead atoms.